The minimum Gasteiger partial charge on any atom is -0.453 e. The molecule has 0 bridgehead atoms. The fraction of sp³-hybridized carbons (Fsp3) is 0. The Morgan fingerprint density at radius 1 is 0.618 bits per heavy atom. The predicted molar refractivity (Wildman–Crippen MR) is 123 cm³/mol. The van der Waals surface area contributed by atoms with Gasteiger partial charge in [0.2, 0.25) is 0 Å². The lowest BCUT2D eigenvalue weighted by atomic mass is 10.0. The second-order valence-electron chi connectivity index (χ2n) is 7.03. The van der Waals surface area contributed by atoms with Crippen molar-refractivity contribution >= 4 is 17.2 Å². The molecule has 0 aliphatic rings. The maximum absolute atomic E-state index is 13.2. The van der Waals surface area contributed by atoms with Crippen LogP contribution in [0.5, 0.6) is 23.0 Å². The molecule has 0 aromatic heterocycles. The number of para-hydroxylation sites is 1. The van der Waals surface area contributed by atoms with Gasteiger partial charge in [-0.05, 0) is 36.4 Å². The highest BCUT2D eigenvalue weighted by Crippen LogP contribution is 2.39. The predicted octanol–water partition coefficient (Wildman–Crippen LogP) is 6.32. The van der Waals surface area contributed by atoms with E-state index in [0.717, 1.165) is 0 Å². The molecule has 9 heteroatoms. The van der Waals surface area contributed by atoms with Gasteiger partial charge in [-0.25, -0.2) is 0 Å². The Labute approximate surface area is 193 Å². The molecule has 4 aromatic carbocycles. The molecular formula is C25H16N2O7. The van der Waals surface area contributed by atoms with Crippen molar-refractivity contribution < 1.29 is 24.1 Å². The lowest BCUT2D eigenvalue weighted by Gasteiger charge is -2.16. The number of non-ortho nitro benzene ring substituents is 2. The van der Waals surface area contributed by atoms with E-state index >= 15 is 0 Å². The van der Waals surface area contributed by atoms with Crippen molar-refractivity contribution in [3.63, 3.8) is 0 Å². The topological polar surface area (TPSA) is 122 Å². The van der Waals surface area contributed by atoms with Gasteiger partial charge in [-0.15, -0.1) is 0 Å². The summed E-state index contributed by atoms with van der Waals surface area (Å²) in [6, 6.07) is 24.2. The summed E-state index contributed by atoms with van der Waals surface area (Å²) in [5.41, 5.74) is 0.443. The van der Waals surface area contributed by atoms with Crippen LogP contribution < -0.4 is 9.47 Å². The Hall–Kier alpha value is -5.05. The molecule has 0 aliphatic carbocycles. The molecule has 168 valence electrons. The van der Waals surface area contributed by atoms with Crippen molar-refractivity contribution in [2.24, 2.45) is 0 Å². The van der Waals surface area contributed by atoms with Crippen LogP contribution in [0.25, 0.3) is 0 Å². The fourth-order valence-electron chi connectivity index (χ4n) is 3.14. The highest BCUT2D eigenvalue weighted by Gasteiger charge is 2.21. The molecule has 4 rings (SSSR count). The highest BCUT2D eigenvalue weighted by molar-refractivity contribution is 6.11. The summed E-state index contributed by atoms with van der Waals surface area (Å²) in [5.74, 6) is 0.528. The van der Waals surface area contributed by atoms with Crippen molar-refractivity contribution in [3.05, 3.63) is 128 Å². The summed E-state index contributed by atoms with van der Waals surface area (Å²) in [6.07, 6.45) is 0. The van der Waals surface area contributed by atoms with E-state index in [1.165, 1.54) is 48.5 Å². The Bertz CT molecular complexity index is 1350. The number of ketones is 1. The van der Waals surface area contributed by atoms with Gasteiger partial charge in [-0.3, -0.25) is 25.0 Å². The normalized spacial score (nSPS) is 10.4. The number of carbonyl (C=O) groups is 1. The van der Waals surface area contributed by atoms with Crippen LogP contribution in [0.2, 0.25) is 0 Å². The molecule has 0 atom stereocenters. The van der Waals surface area contributed by atoms with Gasteiger partial charge in [0.05, 0.1) is 15.4 Å². The van der Waals surface area contributed by atoms with Gasteiger partial charge in [-0.2, -0.15) is 0 Å². The quantitative estimate of drug-likeness (QED) is 0.173. The largest absolute Gasteiger partial charge is 0.453 e. The Morgan fingerprint density at radius 3 is 1.68 bits per heavy atom. The average Bonchev–Trinajstić information content (AvgIpc) is 2.86. The van der Waals surface area contributed by atoms with Gasteiger partial charge >= 0.3 is 0 Å². The minimum absolute atomic E-state index is 0.0947. The summed E-state index contributed by atoms with van der Waals surface area (Å²) >= 11 is 0. The molecule has 4 aromatic rings. The van der Waals surface area contributed by atoms with Crippen LogP contribution in [-0.4, -0.2) is 15.6 Å². The maximum Gasteiger partial charge on any atom is 0.269 e. The number of rotatable bonds is 8. The van der Waals surface area contributed by atoms with Crippen LogP contribution in [0.4, 0.5) is 11.4 Å². The van der Waals surface area contributed by atoms with Crippen molar-refractivity contribution in [2.45, 2.75) is 0 Å². The summed E-state index contributed by atoms with van der Waals surface area (Å²) in [7, 11) is 0. The molecule has 34 heavy (non-hydrogen) atoms. The van der Waals surface area contributed by atoms with Gasteiger partial charge < -0.3 is 9.47 Å². The maximum atomic E-state index is 13.2. The first kappa shape index (κ1) is 22.2. The molecule has 0 saturated heterocycles. The Balaban J connectivity index is 1.74. The molecule has 0 amide bonds. The number of hydrogen-bond acceptors (Lipinski definition) is 7. The summed E-state index contributed by atoms with van der Waals surface area (Å²) < 4.78 is 11.9. The number of ether oxygens (including phenoxy) is 2. The molecule has 0 N–H and O–H groups in total. The Kier molecular flexibility index (Phi) is 6.26. The van der Waals surface area contributed by atoms with E-state index in [-0.39, 0.29) is 40.0 Å². The van der Waals surface area contributed by atoms with E-state index < -0.39 is 9.85 Å². The first-order valence-corrected chi connectivity index (χ1v) is 10.00. The SMILES string of the molecule is O=C(c1ccccc1)c1cccc(Oc2ccc([N+](=O)[O-])cc2)c1Oc1ccc([N+](=O)[O-])cc1. The molecule has 0 heterocycles. The van der Waals surface area contributed by atoms with E-state index in [1.807, 2.05) is 0 Å². The van der Waals surface area contributed by atoms with E-state index in [1.54, 1.807) is 48.5 Å². The number of carbonyl (C=O) groups excluding carboxylic acids is 1. The second kappa shape index (κ2) is 9.61. The zero-order valence-corrected chi connectivity index (χ0v) is 17.5. The van der Waals surface area contributed by atoms with Gasteiger partial charge in [0.25, 0.3) is 11.4 Å². The second-order valence-corrected chi connectivity index (χ2v) is 7.03. The van der Waals surface area contributed by atoms with Crippen molar-refractivity contribution in [1.29, 1.82) is 0 Å². The first-order valence-electron chi connectivity index (χ1n) is 10.00. The van der Waals surface area contributed by atoms with Crippen LogP contribution in [-0.2, 0) is 0 Å². The van der Waals surface area contributed by atoms with Crippen LogP contribution in [0.3, 0.4) is 0 Å². The van der Waals surface area contributed by atoms with Crippen LogP contribution >= 0.6 is 0 Å². The van der Waals surface area contributed by atoms with Crippen molar-refractivity contribution in [1.82, 2.24) is 0 Å². The highest BCUT2D eigenvalue weighted by atomic mass is 16.6. The minimum atomic E-state index is -0.528. The monoisotopic (exact) mass is 456 g/mol. The summed E-state index contributed by atoms with van der Waals surface area (Å²) in [6.45, 7) is 0. The van der Waals surface area contributed by atoms with Gasteiger partial charge in [0.1, 0.15) is 11.5 Å². The molecule has 0 saturated carbocycles. The molecule has 0 spiro atoms. The van der Waals surface area contributed by atoms with Crippen molar-refractivity contribution in [2.75, 3.05) is 0 Å². The molecule has 0 radical (unpaired) electrons. The van der Waals surface area contributed by atoms with Crippen LogP contribution in [0.15, 0.2) is 97.1 Å². The summed E-state index contributed by atoms with van der Waals surface area (Å²) in [4.78, 5) is 34.0. The zero-order chi connectivity index (χ0) is 24.1. The number of nitro benzene ring substituents is 2. The molecule has 0 fully saturated rings. The van der Waals surface area contributed by atoms with E-state index in [4.69, 9.17) is 9.47 Å². The fourth-order valence-corrected chi connectivity index (χ4v) is 3.14. The van der Waals surface area contributed by atoms with E-state index in [9.17, 15) is 25.0 Å². The lowest BCUT2D eigenvalue weighted by Crippen LogP contribution is -2.05. The first-order chi connectivity index (χ1) is 16.4. The number of benzene rings is 4. The third-order valence-corrected chi connectivity index (χ3v) is 4.80. The Morgan fingerprint density at radius 2 is 1.15 bits per heavy atom. The molecule has 0 unspecified atom stereocenters. The van der Waals surface area contributed by atoms with Crippen molar-refractivity contribution in [3.8, 4) is 23.0 Å². The third kappa shape index (κ3) is 4.89. The third-order valence-electron chi connectivity index (χ3n) is 4.80. The van der Waals surface area contributed by atoms with E-state index in [2.05, 4.69) is 0 Å². The lowest BCUT2D eigenvalue weighted by molar-refractivity contribution is -0.385. The zero-order valence-electron chi connectivity index (χ0n) is 17.5. The smallest absolute Gasteiger partial charge is 0.269 e. The van der Waals surface area contributed by atoms with Crippen LogP contribution in [0.1, 0.15) is 15.9 Å². The number of nitro groups is 2. The van der Waals surface area contributed by atoms with Crippen LogP contribution in [0, 0.1) is 20.2 Å². The average molecular weight is 456 g/mol. The van der Waals surface area contributed by atoms with Gasteiger partial charge in [0, 0.05) is 29.8 Å². The summed E-state index contributed by atoms with van der Waals surface area (Å²) in [5, 5.41) is 21.9. The standard InChI is InChI=1S/C25H16N2O7/c28-24(17-5-2-1-3-6-17)22-7-4-8-23(33-20-13-9-18(10-14-20)26(29)30)25(22)34-21-15-11-19(12-16-21)27(31)32/h1-16H. The molecule has 9 nitrogen and oxygen atoms in total. The van der Waals surface area contributed by atoms with Gasteiger partial charge in [-0.1, -0.05) is 36.4 Å². The molecule has 0 aliphatic heterocycles. The van der Waals surface area contributed by atoms with E-state index in [0.29, 0.717) is 11.3 Å². The number of nitrogens with zero attached hydrogens (tertiary/aromatic N) is 2. The number of hydrogen-bond donors (Lipinski definition) is 0. The van der Waals surface area contributed by atoms with Gasteiger partial charge in [0.15, 0.2) is 17.3 Å². The molecular weight excluding hydrogens is 440 g/mol.